The summed E-state index contributed by atoms with van der Waals surface area (Å²) < 4.78 is 31.0. The lowest BCUT2D eigenvalue weighted by Gasteiger charge is -2.23. The van der Waals surface area contributed by atoms with E-state index in [4.69, 9.17) is 4.74 Å². The first kappa shape index (κ1) is 14.4. The van der Waals surface area contributed by atoms with Gasteiger partial charge in [0.05, 0.1) is 24.5 Å². The van der Waals surface area contributed by atoms with E-state index in [0.717, 1.165) is 0 Å². The number of hydrogen-bond acceptors (Lipinski definition) is 5. The van der Waals surface area contributed by atoms with Gasteiger partial charge in [0.15, 0.2) is 0 Å². The fourth-order valence-corrected chi connectivity index (χ4v) is 3.98. The number of carbonyl (C=O) groups excluding carboxylic acids is 1. The van der Waals surface area contributed by atoms with Crippen LogP contribution in [0.5, 0.6) is 0 Å². The molecule has 7 nitrogen and oxygen atoms in total. The minimum atomic E-state index is -3.31. The highest BCUT2D eigenvalue weighted by Gasteiger charge is 2.44. The largest absolute Gasteiger partial charge is 0.374 e. The summed E-state index contributed by atoms with van der Waals surface area (Å²) in [5.41, 5.74) is 0.548. The van der Waals surface area contributed by atoms with Gasteiger partial charge in [-0.15, -0.1) is 0 Å². The third-order valence-electron chi connectivity index (χ3n) is 4.03. The summed E-state index contributed by atoms with van der Waals surface area (Å²) in [4.78, 5) is 17.9. The molecule has 1 amide bonds. The van der Waals surface area contributed by atoms with Crippen molar-refractivity contribution in [2.45, 2.75) is 12.1 Å². The summed E-state index contributed by atoms with van der Waals surface area (Å²) in [6.07, 6.45) is 2.86. The third kappa shape index (κ3) is 2.66. The van der Waals surface area contributed by atoms with Crippen molar-refractivity contribution < 1.29 is 17.9 Å². The molecule has 8 heteroatoms. The van der Waals surface area contributed by atoms with Crippen LogP contribution in [-0.2, 0) is 14.8 Å². The van der Waals surface area contributed by atoms with E-state index in [1.165, 1.54) is 4.31 Å². The van der Waals surface area contributed by atoms with Crippen LogP contribution in [0.1, 0.15) is 10.4 Å². The van der Waals surface area contributed by atoms with E-state index in [0.29, 0.717) is 18.7 Å². The van der Waals surface area contributed by atoms with Crippen LogP contribution in [-0.4, -0.2) is 73.2 Å². The van der Waals surface area contributed by atoms with Crippen LogP contribution in [0, 0.1) is 0 Å². The number of amides is 1. The summed E-state index contributed by atoms with van der Waals surface area (Å²) in [5, 5.41) is 0. The van der Waals surface area contributed by atoms with E-state index in [-0.39, 0.29) is 30.4 Å². The van der Waals surface area contributed by atoms with Crippen LogP contribution in [0.2, 0.25) is 0 Å². The molecule has 0 spiro atoms. The Kier molecular flexibility index (Phi) is 3.68. The highest BCUT2D eigenvalue weighted by atomic mass is 32.2. The first-order valence-corrected chi connectivity index (χ1v) is 8.36. The molecular formula is C13H17N3O4S. The number of likely N-dealkylation sites (tertiary alicyclic amines) is 1. The molecular weight excluding hydrogens is 294 g/mol. The molecule has 2 saturated heterocycles. The fourth-order valence-electron chi connectivity index (χ4n) is 2.77. The highest BCUT2D eigenvalue weighted by molar-refractivity contribution is 7.89. The number of carbonyl (C=O) groups is 1. The molecule has 2 aliphatic heterocycles. The van der Waals surface area contributed by atoms with E-state index >= 15 is 0 Å². The zero-order valence-electron chi connectivity index (χ0n) is 11.7. The first-order valence-electron chi connectivity index (χ1n) is 6.75. The predicted molar refractivity (Wildman–Crippen MR) is 75.2 cm³/mol. The summed E-state index contributed by atoms with van der Waals surface area (Å²) >= 11 is 0. The van der Waals surface area contributed by atoms with Crippen molar-refractivity contribution in [2.75, 3.05) is 32.5 Å². The molecule has 0 saturated carbocycles. The van der Waals surface area contributed by atoms with Gasteiger partial charge in [0, 0.05) is 38.1 Å². The lowest BCUT2D eigenvalue weighted by molar-refractivity contribution is 0.0480. The van der Waals surface area contributed by atoms with Crippen molar-refractivity contribution in [1.82, 2.24) is 14.2 Å². The normalized spacial score (nSPS) is 28.9. The highest BCUT2D eigenvalue weighted by Crippen LogP contribution is 2.24. The van der Waals surface area contributed by atoms with Crippen LogP contribution in [0.25, 0.3) is 0 Å². The second-order valence-electron chi connectivity index (χ2n) is 5.25. The second kappa shape index (κ2) is 5.36. The number of likely N-dealkylation sites (N-methyl/N-ethyl adjacent to an activating group) is 1. The SMILES string of the molecule is CN1[C@@H]2CN(C(=O)c3ccncc3)C[C@@H]2OCCS1(=O)=O. The molecule has 0 radical (unpaired) electrons. The summed E-state index contributed by atoms with van der Waals surface area (Å²) in [7, 11) is -1.75. The van der Waals surface area contributed by atoms with Crippen molar-refractivity contribution in [3.63, 3.8) is 0 Å². The van der Waals surface area contributed by atoms with Crippen LogP contribution >= 0.6 is 0 Å². The minimum absolute atomic E-state index is 0.00516. The van der Waals surface area contributed by atoms with Gasteiger partial charge in [0.1, 0.15) is 0 Å². The van der Waals surface area contributed by atoms with Gasteiger partial charge < -0.3 is 9.64 Å². The molecule has 21 heavy (non-hydrogen) atoms. The molecule has 0 aromatic carbocycles. The van der Waals surface area contributed by atoms with Crippen molar-refractivity contribution in [1.29, 1.82) is 0 Å². The number of hydrogen-bond donors (Lipinski definition) is 0. The molecule has 2 fully saturated rings. The zero-order valence-corrected chi connectivity index (χ0v) is 12.5. The van der Waals surface area contributed by atoms with Gasteiger partial charge in [-0.1, -0.05) is 0 Å². The van der Waals surface area contributed by atoms with E-state index in [2.05, 4.69) is 4.98 Å². The van der Waals surface area contributed by atoms with E-state index < -0.39 is 10.0 Å². The molecule has 3 rings (SSSR count). The van der Waals surface area contributed by atoms with Crippen LogP contribution in [0.4, 0.5) is 0 Å². The van der Waals surface area contributed by atoms with Gasteiger partial charge in [-0.25, -0.2) is 8.42 Å². The number of ether oxygens (including phenoxy) is 1. The molecule has 2 aliphatic rings. The number of pyridine rings is 1. The van der Waals surface area contributed by atoms with Gasteiger partial charge in [0.25, 0.3) is 5.91 Å². The van der Waals surface area contributed by atoms with E-state index in [1.807, 2.05) is 0 Å². The van der Waals surface area contributed by atoms with E-state index in [9.17, 15) is 13.2 Å². The average molecular weight is 311 g/mol. The van der Waals surface area contributed by atoms with Crippen LogP contribution in [0.3, 0.4) is 0 Å². The number of aromatic nitrogens is 1. The molecule has 0 N–H and O–H groups in total. The number of sulfonamides is 1. The molecule has 0 bridgehead atoms. The summed E-state index contributed by atoms with van der Waals surface area (Å²) in [6, 6.07) is 2.98. The summed E-state index contributed by atoms with van der Waals surface area (Å²) in [5.74, 6) is -0.130. The molecule has 1 aromatic rings. The fraction of sp³-hybridized carbons (Fsp3) is 0.538. The molecule has 0 unspecified atom stereocenters. The Morgan fingerprint density at radius 2 is 2.05 bits per heavy atom. The van der Waals surface area contributed by atoms with Gasteiger partial charge in [-0.05, 0) is 12.1 Å². The van der Waals surface area contributed by atoms with Gasteiger partial charge in [-0.2, -0.15) is 4.31 Å². The average Bonchev–Trinajstić information content (AvgIpc) is 2.86. The van der Waals surface area contributed by atoms with Crippen molar-refractivity contribution in [3.8, 4) is 0 Å². The van der Waals surface area contributed by atoms with E-state index in [1.54, 1.807) is 36.5 Å². The lowest BCUT2D eigenvalue weighted by Crippen LogP contribution is -2.43. The topological polar surface area (TPSA) is 79.8 Å². The zero-order chi connectivity index (χ0) is 15.0. The molecule has 3 heterocycles. The standard InChI is InChI=1S/C13H17N3O4S/c1-15-11-8-16(13(17)10-2-4-14-5-3-10)9-12(11)20-6-7-21(15,18)19/h2-5,11-12H,6-9H2,1H3/t11-,12+/m1/s1. The monoisotopic (exact) mass is 311 g/mol. The van der Waals surface area contributed by atoms with Crippen molar-refractivity contribution in [3.05, 3.63) is 30.1 Å². The van der Waals surface area contributed by atoms with Crippen LogP contribution < -0.4 is 0 Å². The van der Waals surface area contributed by atoms with Gasteiger partial charge in [0.2, 0.25) is 10.0 Å². The number of fused-ring (bicyclic) bond motifs is 1. The Morgan fingerprint density at radius 1 is 1.33 bits per heavy atom. The number of rotatable bonds is 1. The van der Waals surface area contributed by atoms with Crippen molar-refractivity contribution >= 4 is 15.9 Å². The maximum absolute atomic E-state index is 12.4. The van der Waals surface area contributed by atoms with Crippen molar-refractivity contribution in [2.24, 2.45) is 0 Å². The Hall–Kier alpha value is -1.51. The Morgan fingerprint density at radius 3 is 2.76 bits per heavy atom. The summed E-state index contributed by atoms with van der Waals surface area (Å²) in [6.45, 7) is 0.929. The smallest absolute Gasteiger partial charge is 0.254 e. The second-order valence-corrected chi connectivity index (χ2v) is 7.40. The molecule has 2 atom stereocenters. The quantitative estimate of drug-likeness (QED) is 0.703. The van der Waals surface area contributed by atoms with Gasteiger partial charge in [-0.3, -0.25) is 9.78 Å². The molecule has 114 valence electrons. The molecule has 0 aliphatic carbocycles. The predicted octanol–water partition coefficient (Wildman–Crippen LogP) is -0.434. The Bertz CT molecular complexity index is 634. The lowest BCUT2D eigenvalue weighted by atomic mass is 10.2. The van der Waals surface area contributed by atoms with Gasteiger partial charge >= 0.3 is 0 Å². The maximum atomic E-state index is 12.4. The third-order valence-corrected chi connectivity index (χ3v) is 5.86. The Labute approximate surface area is 123 Å². The Balaban J connectivity index is 1.80. The van der Waals surface area contributed by atoms with Crippen LogP contribution in [0.15, 0.2) is 24.5 Å². The number of nitrogens with zero attached hydrogens (tertiary/aromatic N) is 3. The minimum Gasteiger partial charge on any atom is -0.374 e. The first-order chi connectivity index (χ1) is 9.99. The maximum Gasteiger partial charge on any atom is 0.254 e. The molecule has 1 aromatic heterocycles.